The van der Waals surface area contributed by atoms with Crippen LogP contribution in [-0.4, -0.2) is 4.92 Å². The zero-order valence-corrected chi connectivity index (χ0v) is 13.5. The molecule has 128 valence electrons. The Morgan fingerprint density at radius 2 is 1.96 bits per heavy atom. The number of aryl methyl sites for hydroxylation is 1. The molecule has 0 amide bonds. The van der Waals surface area contributed by atoms with Crippen LogP contribution >= 0.6 is 0 Å². The van der Waals surface area contributed by atoms with Crippen molar-refractivity contribution in [3.05, 3.63) is 73.6 Å². The van der Waals surface area contributed by atoms with Gasteiger partial charge in [-0.05, 0) is 49.1 Å². The Morgan fingerprint density at radius 1 is 1.15 bits per heavy atom. The van der Waals surface area contributed by atoms with Crippen molar-refractivity contribution in [1.29, 1.82) is 5.26 Å². The van der Waals surface area contributed by atoms with Gasteiger partial charge in [-0.1, -0.05) is 0 Å². The molecule has 2 aromatic carbocycles. The molecule has 1 heterocycles. The van der Waals surface area contributed by atoms with Crippen LogP contribution in [0.5, 0.6) is 11.5 Å². The zero-order valence-electron chi connectivity index (χ0n) is 13.5. The third kappa shape index (κ3) is 2.58. The first kappa shape index (κ1) is 15.8. The van der Waals surface area contributed by atoms with Crippen molar-refractivity contribution < 1.29 is 14.1 Å². The van der Waals surface area contributed by atoms with Crippen molar-refractivity contribution in [2.24, 2.45) is 0 Å². The average Bonchev–Trinajstić information content (AvgIpc) is 3.12. The molecular formula is C19H12N2O5. The first-order valence-electron chi connectivity index (χ1n) is 8.02. The van der Waals surface area contributed by atoms with Gasteiger partial charge < -0.3 is 9.15 Å². The Kier molecular flexibility index (Phi) is 3.66. The molecule has 0 unspecified atom stereocenters. The van der Waals surface area contributed by atoms with Gasteiger partial charge in [0.1, 0.15) is 11.3 Å². The topological polar surface area (TPSA) is 106 Å². The van der Waals surface area contributed by atoms with Crippen molar-refractivity contribution >= 4 is 16.7 Å². The van der Waals surface area contributed by atoms with Crippen LogP contribution in [0.25, 0.3) is 11.0 Å². The lowest BCUT2D eigenvalue weighted by molar-refractivity contribution is -0.385. The summed E-state index contributed by atoms with van der Waals surface area (Å²) in [6.07, 6.45) is 2.48. The maximum Gasteiger partial charge on any atom is 0.339 e. The number of hydrogen-bond acceptors (Lipinski definition) is 6. The lowest BCUT2D eigenvalue weighted by Crippen LogP contribution is -2.06. The summed E-state index contributed by atoms with van der Waals surface area (Å²) in [7, 11) is 0. The molecule has 0 spiro atoms. The molecule has 0 N–H and O–H groups in total. The van der Waals surface area contributed by atoms with E-state index in [1.807, 2.05) is 6.07 Å². The Bertz CT molecular complexity index is 1160. The molecule has 7 nitrogen and oxygen atoms in total. The maximum atomic E-state index is 12.1. The predicted molar refractivity (Wildman–Crippen MR) is 92.4 cm³/mol. The van der Waals surface area contributed by atoms with Gasteiger partial charge in [0, 0.05) is 23.1 Å². The normalized spacial score (nSPS) is 12.6. The minimum atomic E-state index is -0.607. The molecular weight excluding hydrogens is 336 g/mol. The van der Waals surface area contributed by atoms with Gasteiger partial charge in [0.2, 0.25) is 5.75 Å². The van der Waals surface area contributed by atoms with Crippen molar-refractivity contribution in [3.8, 4) is 17.6 Å². The van der Waals surface area contributed by atoms with Gasteiger partial charge in [-0.25, -0.2) is 4.79 Å². The van der Waals surface area contributed by atoms with Gasteiger partial charge in [0.05, 0.1) is 16.6 Å². The minimum Gasteiger partial charge on any atom is -0.450 e. The van der Waals surface area contributed by atoms with E-state index < -0.39 is 4.92 Å². The van der Waals surface area contributed by atoms with Crippen molar-refractivity contribution in [2.75, 3.05) is 0 Å². The van der Waals surface area contributed by atoms with Crippen molar-refractivity contribution in [2.45, 2.75) is 19.3 Å². The fraction of sp³-hybridized carbons (Fsp3) is 0.158. The highest BCUT2D eigenvalue weighted by molar-refractivity contribution is 5.83. The predicted octanol–water partition coefficient (Wildman–Crippen LogP) is 3.85. The van der Waals surface area contributed by atoms with E-state index in [1.54, 1.807) is 18.2 Å². The van der Waals surface area contributed by atoms with E-state index in [2.05, 4.69) is 0 Å². The number of fused-ring (bicyclic) bond motifs is 3. The van der Waals surface area contributed by atoms with Gasteiger partial charge in [0.25, 0.3) is 0 Å². The van der Waals surface area contributed by atoms with Gasteiger partial charge in [-0.3, -0.25) is 10.1 Å². The van der Waals surface area contributed by atoms with Gasteiger partial charge in [-0.2, -0.15) is 5.26 Å². The fourth-order valence-corrected chi connectivity index (χ4v) is 3.27. The lowest BCUT2D eigenvalue weighted by Gasteiger charge is -2.09. The number of rotatable bonds is 3. The number of nitrogens with zero attached hydrogens (tertiary/aromatic N) is 2. The van der Waals surface area contributed by atoms with Crippen LogP contribution in [0.4, 0.5) is 5.69 Å². The van der Waals surface area contributed by atoms with Gasteiger partial charge in [-0.15, -0.1) is 0 Å². The maximum absolute atomic E-state index is 12.1. The monoisotopic (exact) mass is 348 g/mol. The molecule has 0 saturated carbocycles. The van der Waals surface area contributed by atoms with Crippen LogP contribution in [0.2, 0.25) is 0 Å². The Labute approximate surface area is 147 Å². The minimum absolute atomic E-state index is 0.0110. The second kappa shape index (κ2) is 6.01. The summed E-state index contributed by atoms with van der Waals surface area (Å²) >= 11 is 0. The average molecular weight is 348 g/mol. The SMILES string of the molecule is N#Cc1ccc(Oc2ccc3c4c(c(=O)oc3c2)CCC4)c([N+](=O)[O-])c1. The Balaban J connectivity index is 1.77. The first-order chi connectivity index (χ1) is 12.6. The van der Waals surface area contributed by atoms with Gasteiger partial charge in [0.15, 0.2) is 0 Å². The van der Waals surface area contributed by atoms with Crippen LogP contribution in [0, 0.1) is 21.4 Å². The molecule has 1 aromatic heterocycles. The summed E-state index contributed by atoms with van der Waals surface area (Å²) in [5.74, 6) is 0.322. The molecule has 7 heteroatoms. The second-order valence-corrected chi connectivity index (χ2v) is 6.01. The molecule has 26 heavy (non-hydrogen) atoms. The smallest absolute Gasteiger partial charge is 0.339 e. The Morgan fingerprint density at radius 3 is 2.73 bits per heavy atom. The Hall–Kier alpha value is -3.66. The van der Waals surface area contributed by atoms with Crippen LogP contribution in [-0.2, 0) is 12.8 Å². The van der Waals surface area contributed by atoms with E-state index in [0.717, 1.165) is 41.8 Å². The molecule has 0 aliphatic heterocycles. The highest BCUT2D eigenvalue weighted by Gasteiger charge is 2.21. The summed E-state index contributed by atoms with van der Waals surface area (Å²) in [4.78, 5) is 22.7. The first-order valence-corrected chi connectivity index (χ1v) is 8.02. The van der Waals surface area contributed by atoms with Crippen LogP contribution < -0.4 is 10.4 Å². The molecule has 1 aliphatic rings. The van der Waals surface area contributed by atoms with E-state index >= 15 is 0 Å². The molecule has 0 radical (unpaired) electrons. The second-order valence-electron chi connectivity index (χ2n) is 6.01. The van der Waals surface area contributed by atoms with Crippen molar-refractivity contribution in [3.63, 3.8) is 0 Å². The van der Waals surface area contributed by atoms with Crippen LogP contribution in [0.15, 0.2) is 45.6 Å². The molecule has 3 aromatic rings. The molecule has 0 saturated heterocycles. The van der Waals surface area contributed by atoms with E-state index in [0.29, 0.717) is 11.3 Å². The summed E-state index contributed by atoms with van der Waals surface area (Å²) in [6.45, 7) is 0. The summed E-state index contributed by atoms with van der Waals surface area (Å²) in [5.41, 5.74) is 1.65. The molecule has 0 fully saturated rings. The molecule has 0 bridgehead atoms. The lowest BCUT2D eigenvalue weighted by atomic mass is 10.1. The van der Waals surface area contributed by atoms with E-state index in [4.69, 9.17) is 14.4 Å². The van der Waals surface area contributed by atoms with Crippen LogP contribution in [0.3, 0.4) is 0 Å². The summed E-state index contributed by atoms with van der Waals surface area (Å²) in [5, 5.41) is 21.0. The molecule has 4 rings (SSSR count). The number of benzene rings is 2. The van der Waals surface area contributed by atoms with Crippen LogP contribution in [0.1, 0.15) is 23.1 Å². The van der Waals surface area contributed by atoms with E-state index in [-0.39, 0.29) is 22.6 Å². The third-order valence-electron chi connectivity index (χ3n) is 4.46. The number of hydrogen-bond donors (Lipinski definition) is 0. The largest absolute Gasteiger partial charge is 0.450 e. The van der Waals surface area contributed by atoms with Gasteiger partial charge >= 0.3 is 11.3 Å². The highest BCUT2D eigenvalue weighted by atomic mass is 16.6. The number of nitro benzene ring substituents is 1. The molecule has 1 aliphatic carbocycles. The molecule has 0 atom stereocenters. The highest BCUT2D eigenvalue weighted by Crippen LogP contribution is 2.35. The zero-order chi connectivity index (χ0) is 18.3. The number of nitro groups is 1. The van der Waals surface area contributed by atoms with E-state index in [9.17, 15) is 14.9 Å². The van der Waals surface area contributed by atoms with Crippen molar-refractivity contribution in [1.82, 2.24) is 0 Å². The third-order valence-corrected chi connectivity index (χ3v) is 4.46. The number of ether oxygens (including phenoxy) is 1. The summed E-state index contributed by atoms with van der Waals surface area (Å²) in [6, 6.07) is 10.9. The standard InChI is InChI=1S/C19H12N2O5/c20-10-11-4-7-17(16(8-11)21(23)24)25-12-5-6-14-13-2-1-3-15(13)19(22)26-18(14)9-12/h4-9H,1-3H2. The fourth-order valence-electron chi connectivity index (χ4n) is 3.27. The summed E-state index contributed by atoms with van der Waals surface area (Å²) < 4.78 is 11.0. The number of nitriles is 1. The van der Waals surface area contributed by atoms with E-state index in [1.165, 1.54) is 12.1 Å². The quantitative estimate of drug-likeness (QED) is 0.404.